The predicted molar refractivity (Wildman–Crippen MR) is 95.0 cm³/mol. The summed E-state index contributed by atoms with van der Waals surface area (Å²) in [6.45, 7) is 5.23. The molecule has 4 saturated carbocycles. The van der Waals surface area contributed by atoms with Crippen LogP contribution < -0.4 is 5.32 Å². The van der Waals surface area contributed by atoms with Crippen molar-refractivity contribution in [2.24, 2.45) is 23.7 Å². The molecule has 2 atom stereocenters. The van der Waals surface area contributed by atoms with Crippen molar-refractivity contribution >= 4 is 28.6 Å². The molecule has 1 heterocycles. The molecule has 1 N–H and O–H groups in total. The maximum Gasteiger partial charge on any atom is 0.323 e. The molecule has 5 aliphatic rings. The van der Waals surface area contributed by atoms with Gasteiger partial charge in [-0.05, 0) is 69.1 Å². The monoisotopic (exact) mass is 417 g/mol. The van der Waals surface area contributed by atoms with Gasteiger partial charge in [0, 0.05) is 12.6 Å². The molecule has 0 radical (unpaired) electrons. The lowest BCUT2D eigenvalue weighted by molar-refractivity contribution is -0.213. The Morgan fingerprint density at radius 1 is 1.23 bits per heavy atom. The minimum absolute atomic E-state index is 0.0315. The van der Waals surface area contributed by atoms with E-state index < -0.39 is 3.42 Å². The van der Waals surface area contributed by atoms with Crippen LogP contribution in [0.15, 0.2) is 0 Å². The molecule has 4 heteroatoms. The van der Waals surface area contributed by atoms with Crippen LogP contribution in [-0.2, 0) is 9.53 Å². The normalized spacial score (nSPS) is 48.0. The smallest absolute Gasteiger partial charge is 0.323 e. The lowest BCUT2D eigenvalue weighted by atomic mass is 9.49. The Bertz CT molecular complexity index is 444. The first-order valence-electron chi connectivity index (χ1n) is 9.11. The average Bonchev–Trinajstić information content (AvgIpc) is 3.28. The van der Waals surface area contributed by atoms with Crippen LogP contribution >= 0.6 is 22.6 Å². The standard InChI is InChI=1S/C18H28INO2/c1-3-4-18(22-16(21)17(2,19)15-10-20-15)13-6-11-5-12(8-13)9-14(18)7-11/h11-15,20H,3-10H2,1-2H3. The van der Waals surface area contributed by atoms with Gasteiger partial charge in [0.05, 0.1) is 0 Å². The zero-order chi connectivity index (χ0) is 15.5. The number of carbonyl (C=O) groups is 1. The quantitative estimate of drug-likeness (QED) is 0.321. The van der Waals surface area contributed by atoms with Crippen LogP contribution in [0.4, 0.5) is 0 Å². The van der Waals surface area contributed by atoms with Gasteiger partial charge >= 0.3 is 5.97 Å². The zero-order valence-corrected chi connectivity index (χ0v) is 15.9. The highest BCUT2D eigenvalue weighted by atomic mass is 127. The first-order valence-corrected chi connectivity index (χ1v) is 10.2. The number of hydrogen-bond acceptors (Lipinski definition) is 3. The van der Waals surface area contributed by atoms with E-state index in [0.717, 1.165) is 31.2 Å². The fraction of sp³-hybridized carbons (Fsp3) is 0.944. The highest BCUT2D eigenvalue weighted by molar-refractivity contribution is 14.1. The van der Waals surface area contributed by atoms with E-state index in [1.807, 2.05) is 6.92 Å². The molecule has 0 amide bonds. The Morgan fingerprint density at radius 3 is 2.23 bits per heavy atom. The van der Waals surface area contributed by atoms with Crippen LogP contribution in [0.3, 0.4) is 0 Å². The molecule has 0 aromatic carbocycles. The minimum atomic E-state index is -0.410. The van der Waals surface area contributed by atoms with E-state index in [4.69, 9.17) is 4.74 Å². The van der Waals surface area contributed by atoms with E-state index in [1.54, 1.807) is 0 Å². The Kier molecular flexibility index (Phi) is 3.80. The van der Waals surface area contributed by atoms with Crippen molar-refractivity contribution in [3.05, 3.63) is 0 Å². The van der Waals surface area contributed by atoms with Gasteiger partial charge in [-0.25, -0.2) is 0 Å². The molecule has 3 nitrogen and oxygen atoms in total. The Morgan fingerprint density at radius 2 is 1.77 bits per heavy atom. The van der Waals surface area contributed by atoms with Crippen molar-refractivity contribution in [3.8, 4) is 0 Å². The summed E-state index contributed by atoms with van der Waals surface area (Å²) in [7, 11) is 0. The fourth-order valence-corrected chi connectivity index (χ4v) is 6.41. The third kappa shape index (κ3) is 2.35. The highest BCUT2D eigenvalue weighted by Gasteiger charge is 2.60. The third-order valence-corrected chi connectivity index (χ3v) is 8.10. The van der Waals surface area contributed by atoms with Gasteiger partial charge in [0.25, 0.3) is 0 Å². The van der Waals surface area contributed by atoms with Crippen LogP contribution in [0.1, 0.15) is 58.8 Å². The Hall–Kier alpha value is 0.160. The molecule has 0 aromatic heterocycles. The van der Waals surface area contributed by atoms with Gasteiger partial charge in [0.15, 0.2) is 0 Å². The summed E-state index contributed by atoms with van der Waals surface area (Å²) in [5.74, 6) is 3.13. The summed E-state index contributed by atoms with van der Waals surface area (Å²) in [5.41, 5.74) is -0.138. The van der Waals surface area contributed by atoms with Gasteiger partial charge in [-0.2, -0.15) is 0 Å². The maximum atomic E-state index is 12.9. The number of ether oxygens (including phenoxy) is 1. The molecule has 22 heavy (non-hydrogen) atoms. The summed E-state index contributed by atoms with van der Waals surface area (Å²) in [4.78, 5) is 12.9. The maximum absolute atomic E-state index is 12.9. The number of halogens is 1. The Balaban J connectivity index is 1.59. The van der Waals surface area contributed by atoms with E-state index in [-0.39, 0.29) is 11.6 Å². The van der Waals surface area contributed by atoms with Gasteiger partial charge in [-0.15, -0.1) is 0 Å². The van der Waals surface area contributed by atoms with E-state index >= 15 is 0 Å². The largest absolute Gasteiger partial charge is 0.457 e. The van der Waals surface area contributed by atoms with Crippen LogP contribution in [0.25, 0.3) is 0 Å². The SMILES string of the molecule is CCCC1(OC(=O)C(C)(I)C2CN2)C2CC3CC(C2)CC1C3. The van der Waals surface area contributed by atoms with E-state index in [1.165, 1.54) is 32.1 Å². The molecule has 0 spiro atoms. The second-order valence-electron chi connectivity index (χ2n) is 8.44. The van der Waals surface area contributed by atoms with Crippen LogP contribution in [0.2, 0.25) is 0 Å². The molecular weight excluding hydrogens is 389 g/mol. The minimum Gasteiger partial charge on any atom is -0.457 e. The van der Waals surface area contributed by atoms with Crippen molar-refractivity contribution in [2.75, 3.05) is 6.54 Å². The van der Waals surface area contributed by atoms with Crippen LogP contribution in [0.5, 0.6) is 0 Å². The predicted octanol–water partition coefficient (Wildman–Crippen LogP) is 3.69. The molecule has 1 saturated heterocycles. The first kappa shape index (κ1) is 15.7. The van der Waals surface area contributed by atoms with Crippen molar-refractivity contribution in [2.45, 2.75) is 73.9 Å². The molecule has 4 aliphatic carbocycles. The molecule has 0 aromatic rings. The van der Waals surface area contributed by atoms with Crippen molar-refractivity contribution < 1.29 is 9.53 Å². The summed E-state index contributed by atoms with van der Waals surface area (Å²) in [5, 5.41) is 3.29. The number of rotatable bonds is 5. The van der Waals surface area contributed by atoms with Crippen molar-refractivity contribution in [1.82, 2.24) is 5.32 Å². The van der Waals surface area contributed by atoms with Gasteiger partial charge in [-0.3, -0.25) is 4.79 Å². The van der Waals surface area contributed by atoms with Crippen molar-refractivity contribution in [3.63, 3.8) is 0 Å². The highest BCUT2D eigenvalue weighted by Crippen LogP contribution is 2.61. The molecule has 5 rings (SSSR count). The topological polar surface area (TPSA) is 48.2 Å². The summed E-state index contributed by atoms with van der Waals surface area (Å²) >= 11 is 2.31. The summed E-state index contributed by atoms with van der Waals surface area (Å²) in [6, 6.07) is 0.302. The number of esters is 1. The second-order valence-corrected chi connectivity index (χ2v) is 10.7. The molecule has 124 valence electrons. The van der Waals surface area contributed by atoms with Gasteiger partial charge in [0.1, 0.15) is 9.02 Å². The molecule has 4 bridgehead atoms. The number of nitrogens with one attached hydrogen (secondary N) is 1. The molecule has 5 fully saturated rings. The van der Waals surface area contributed by atoms with Gasteiger partial charge in [-0.1, -0.05) is 35.9 Å². The molecular formula is C18H28INO2. The van der Waals surface area contributed by atoms with Crippen LogP contribution in [0, 0.1) is 23.7 Å². The number of alkyl halides is 1. The van der Waals surface area contributed by atoms with Crippen molar-refractivity contribution in [1.29, 1.82) is 0 Å². The zero-order valence-electron chi connectivity index (χ0n) is 13.7. The molecule has 1 aliphatic heterocycles. The number of hydrogen-bond donors (Lipinski definition) is 1. The van der Waals surface area contributed by atoms with Gasteiger partial charge < -0.3 is 10.1 Å². The van der Waals surface area contributed by atoms with E-state index in [2.05, 4.69) is 34.8 Å². The van der Waals surface area contributed by atoms with E-state index in [0.29, 0.717) is 17.9 Å². The molecule has 2 unspecified atom stereocenters. The average molecular weight is 417 g/mol. The lowest BCUT2D eigenvalue weighted by Crippen LogP contribution is -2.61. The fourth-order valence-electron chi connectivity index (χ4n) is 5.86. The van der Waals surface area contributed by atoms with E-state index in [9.17, 15) is 4.79 Å². The van der Waals surface area contributed by atoms with Gasteiger partial charge in [0.2, 0.25) is 0 Å². The third-order valence-electron chi connectivity index (χ3n) is 6.91. The van der Waals surface area contributed by atoms with Crippen LogP contribution in [-0.4, -0.2) is 27.6 Å². The second kappa shape index (κ2) is 5.33. The summed E-state index contributed by atoms with van der Waals surface area (Å²) in [6.07, 6.45) is 8.85. The first-order chi connectivity index (χ1) is 10.5. The Labute approximate surface area is 147 Å². The summed E-state index contributed by atoms with van der Waals surface area (Å²) < 4.78 is 6.03. The lowest BCUT2D eigenvalue weighted by Gasteiger charge is -2.60. The number of carbonyl (C=O) groups excluding carboxylic acids is 1.